The maximum absolute atomic E-state index is 4.28. The molecule has 2 rings (SSSR count). The van der Waals surface area contributed by atoms with E-state index >= 15 is 0 Å². The Hall–Kier alpha value is -1.29. The van der Waals surface area contributed by atoms with Gasteiger partial charge in [-0.3, -0.25) is 0 Å². The molecule has 1 unspecified atom stereocenters. The predicted molar refractivity (Wildman–Crippen MR) is 75.8 cm³/mol. The van der Waals surface area contributed by atoms with Crippen molar-refractivity contribution in [3.8, 4) is 0 Å². The van der Waals surface area contributed by atoms with Crippen LogP contribution in [-0.2, 0) is 7.05 Å². The first-order chi connectivity index (χ1) is 8.59. The van der Waals surface area contributed by atoms with E-state index in [0.717, 1.165) is 11.0 Å². The van der Waals surface area contributed by atoms with Gasteiger partial charge in [0.2, 0.25) is 0 Å². The number of thioether (sulfide) groups is 1. The average Bonchev–Trinajstić information content (AvgIpc) is 2.72. The van der Waals surface area contributed by atoms with Crippen LogP contribution in [0.2, 0.25) is 0 Å². The molecule has 0 aliphatic heterocycles. The zero-order valence-corrected chi connectivity index (χ0v) is 12.1. The van der Waals surface area contributed by atoms with Gasteiger partial charge in [-0.1, -0.05) is 55.9 Å². The van der Waals surface area contributed by atoms with Gasteiger partial charge in [0.25, 0.3) is 0 Å². The van der Waals surface area contributed by atoms with E-state index < -0.39 is 0 Å². The summed E-state index contributed by atoms with van der Waals surface area (Å²) in [6.45, 7) is 6.47. The average molecular weight is 261 g/mol. The third-order valence-electron chi connectivity index (χ3n) is 2.94. The molecule has 0 aliphatic carbocycles. The molecule has 18 heavy (non-hydrogen) atoms. The van der Waals surface area contributed by atoms with Crippen LogP contribution in [-0.4, -0.2) is 14.8 Å². The SMILES string of the molecule is CC(C)c1nnc(SC(C)c2ccccc2)n1C. The van der Waals surface area contributed by atoms with Gasteiger partial charge in [0.05, 0.1) is 0 Å². The van der Waals surface area contributed by atoms with Crippen LogP contribution in [0.1, 0.15) is 43.3 Å². The van der Waals surface area contributed by atoms with Crippen molar-refractivity contribution >= 4 is 11.8 Å². The number of hydrogen-bond acceptors (Lipinski definition) is 3. The van der Waals surface area contributed by atoms with E-state index in [9.17, 15) is 0 Å². The Morgan fingerprint density at radius 1 is 1.06 bits per heavy atom. The van der Waals surface area contributed by atoms with E-state index in [1.54, 1.807) is 11.8 Å². The van der Waals surface area contributed by atoms with Gasteiger partial charge in [0.15, 0.2) is 5.16 Å². The number of benzene rings is 1. The third kappa shape index (κ3) is 2.75. The van der Waals surface area contributed by atoms with E-state index in [1.165, 1.54) is 5.56 Å². The summed E-state index contributed by atoms with van der Waals surface area (Å²) in [4.78, 5) is 0. The molecule has 2 aromatic rings. The highest BCUT2D eigenvalue weighted by Crippen LogP contribution is 2.33. The topological polar surface area (TPSA) is 30.7 Å². The Morgan fingerprint density at radius 2 is 1.72 bits per heavy atom. The summed E-state index contributed by atoms with van der Waals surface area (Å²) in [5, 5.41) is 9.90. The normalized spacial score (nSPS) is 12.9. The Kier molecular flexibility index (Phi) is 4.07. The van der Waals surface area contributed by atoms with Crippen LogP contribution < -0.4 is 0 Å². The molecule has 4 heteroatoms. The number of aromatic nitrogens is 3. The van der Waals surface area contributed by atoms with Gasteiger partial charge in [0.1, 0.15) is 5.82 Å². The molecule has 0 aliphatic rings. The van der Waals surface area contributed by atoms with Gasteiger partial charge in [0, 0.05) is 18.2 Å². The molecule has 0 amide bonds. The maximum atomic E-state index is 4.28. The summed E-state index contributed by atoms with van der Waals surface area (Å²) in [6.07, 6.45) is 0. The lowest BCUT2D eigenvalue weighted by Gasteiger charge is -2.11. The van der Waals surface area contributed by atoms with Crippen LogP contribution in [0.4, 0.5) is 0 Å². The van der Waals surface area contributed by atoms with Gasteiger partial charge in [-0.05, 0) is 12.5 Å². The first-order valence-corrected chi connectivity index (χ1v) is 7.08. The van der Waals surface area contributed by atoms with Crippen LogP contribution in [0.5, 0.6) is 0 Å². The first kappa shape index (κ1) is 13.1. The number of rotatable bonds is 4. The van der Waals surface area contributed by atoms with Crippen molar-refractivity contribution in [3.63, 3.8) is 0 Å². The lowest BCUT2D eigenvalue weighted by molar-refractivity contribution is 0.679. The minimum atomic E-state index is 0.383. The second kappa shape index (κ2) is 5.57. The highest BCUT2D eigenvalue weighted by atomic mass is 32.2. The van der Waals surface area contributed by atoms with E-state index in [1.807, 2.05) is 13.1 Å². The van der Waals surface area contributed by atoms with Crippen molar-refractivity contribution in [2.45, 2.75) is 37.1 Å². The van der Waals surface area contributed by atoms with E-state index in [2.05, 4.69) is 59.8 Å². The molecular weight excluding hydrogens is 242 g/mol. The second-order valence-corrected chi connectivity index (χ2v) is 6.03. The van der Waals surface area contributed by atoms with Crippen LogP contribution in [0.3, 0.4) is 0 Å². The Labute approximate surface area is 113 Å². The number of nitrogens with zero attached hydrogens (tertiary/aromatic N) is 3. The molecule has 0 radical (unpaired) electrons. The molecule has 0 spiro atoms. The molecule has 0 N–H and O–H groups in total. The van der Waals surface area contributed by atoms with Gasteiger partial charge < -0.3 is 4.57 Å². The van der Waals surface area contributed by atoms with Crippen molar-refractivity contribution in [1.29, 1.82) is 0 Å². The van der Waals surface area contributed by atoms with E-state index in [-0.39, 0.29) is 0 Å². The minimum Gasteiger partial charge on any atom is -0.309 e. The fraction of sp³-hybridized carbons (Fsp3) is 0.429. The highest BCUT2D eigenvalue weighted by Gasteiger charge is 2.15. The van der Waals surface area contributed by atoms with Gasteiger partial charge in [-0.15, -0.1) is 10.2 Å². The molecule has 1 atom stereocenters. The zero-order valence-electron chi connectivity index (χ0n) is 11.3. The summed E-state index contributed by atoms with van der Waals surface area (Å²) < 4.78 is 2.09. The molecule has 1 aromatic heterocycles. The van der Waals surface area contributed by atoms with E-state index in [4.69, 9.17) is 0 Å². The molecule has 0 fully saturated rings. The minimum absolute atomic E-state index is 0.383. The summed E-state index contributed by atoms with van der Waals surface area (Å²) in [5.74, 6) is 1.45. The summed E-state index contributed by atoms with van der Waals surface area (Å²) in [5.41, 5.74) is 1.32. The monoisotopic (exact) mass is 261 g/mol. The summed E-state index contributed by atoms with van der Waals surface area (Å²) in [7, 11) is 2.04. The number of hydrogen-bond donors (Lipinski definition) is 0. The summed E-state index contributed by atoms with van der Waals surface area (Å²) in [6, 6.07) is 10.5. The zero-order chi connectivity index (χ0) is 13.1. The van der Waals surface area contributed by atoms with Crippen LogP contribution >= 0.6 is 11.8 Å². The van der Waals surface area contributed by atoms with Crippen molar-refractivity contribution in [1.82, 2.24) is 14.8 Å². The molecule has 3 nitrogen and oxygen atoms in total. The Morgan fingerprint density at radius 3 is 2.28 bits per heavy atom. The summed E-state index contributed by atoms with van der Waals surface area (Å²) >= 11 is 1.75. The molecule has 0 saturated heterocycles. The van der Waals surface area contributed by atoms with Crippen molar-refractivity contribution in [2.75, 3.05) is 0 Å². The third-order valence-corrected chi connectivity index (χ3v) is 4.13. The van der Waals surface area contributed by atoms with Crippen molar-refractivity contribution < 1.29 is 0 Å². The predicted octanol–water partition coefficient (Wildman–Crippen LogP) is 3.79. The lowest BCUT2D eigenvalue weighted by Crippen LogP contribution is -2.01. The standard InChI is InChI=1S/C14H19N3S/c1-10(2)13-15-16-14(17(13)4)18-11(3)12-8-6-5-7-9-12/h5-11H,1-4H3. The first-order valence-electron chi connectivity index (χ1n) is 6.20. The molecule has 1 heterocycles. The fourth-order valence-electron chi connectivity index (χ4n) is 1.88. The van der Waals surface area contributed by atoms with Crippen LogP contribution in [0.15, 0.2) is 35.5 Å². The van der Waals surface area contributed by atoms with Gasteiger partial charge >= 0.3 is 0 Å². The largest absolute Gasteiger partial charge is 0.309 e. The van der Waals surface area contributed by atoms with Crippen molar-refractivity contribution in [3.05, 3.63) is 41.7 Å². The van der Waals surface area contributed by atoms with Gasteiger partial charge in [-0.25, -0.2) is 0 Å². The fourth-order valence-corrected chi connectivity index (χ4v) is 2.83. The lowest BCUT2D eigenvalue weighted by atomic mass is 10.2. The Bertz CT molecular complexity index is 505. The molecular formula is C14H19N3S. The smallest absolute Gasteiger partial charge is 0.191 e. The quantitative estimate of drug-likeness (QED) is 0.784. The van der Waals surface area contributed by atoms with Gasteiger partial charge in [-0.2, -0.15) is 0 Å². The maximum Gasteiger partial charge on any atom is 0.191 e. The second-order valence-electron chi connectivity index (χ2n) is 4.73. The van der Waals surface area contributed by atoms with Crippen LogP contribution in [0, 0.1) is 0 Å². The highest BCUT2D eigenvalue weighted by molar-refractivity contribution is 7.99. The van der Waals surface area contributed by atoms with Crippen LogP contribution in [0.25, 0.3) is 0 Å². The molecule has 0 saturated carbocycles. The Balaban J connectivity index is 2.15. The van der Waals surface area contributed by atoms with E-state index in [0.29, 0.717) is 11.2 Å². The molecule has 0 bridgehead atoms. The van der Waals surface area contributed by atoms with Crippen molar-refractivity contribution in [2.24, 2.45) is 7.05 Å². The molecule has 96 valence electrons. The molecule has 1 aromatic carbocycles.